The molecule has 0 aromatic carbocycles. The molecule has 1 heterocycles. The lowest BCUT2D eigenvalue weighted by atomic mass is 10.3. The number of nitrogens with one attached hydrogen (secondary N) is 2. The van der Waals surface area contributed by atoms with Gasteiger partial charge in [0.1, 0.15) is 0 Å². The lowest BCUT2D eigenvalue weighted by molar-refractivity contribution is 0.451. The maximum atomic E-state index is 12.2. The first-order chi connectivity index (χ1) is 9.72. The Kier molecular flexibility index (Phi) is 6.57. The molecule has 0 saturated heterocycles. The van der Waals surface area contributed by atoms with E-state index in [1.807, 2.05) is 6.92 Å². The lowest BCUT2D eigenvalue weighted by Gasteiger charge is -2.19. The summed E-state index contributed by atoms with van der Waals surface area (Å²) < 4.78 is 28.4. The molecule has 0 saturated carbocycles. The zero-order valence-electron chi connectivity index (χ0n) is 13.5. The van der Waals surface area contributed by atoms with Crippen LogP contribution in [0.25, 0.3) is 0 Å². The molecule has 120 valence electrons. The van der Waals surface area contributed by atoms with Gasteiger partial charge in [-0.15, -0.1) is 0 Å². The van der Waals surface area contributed by atoms with Crippen molar-refractivity contribution in [2.75, 3.05) is 24.9 Å². The lowest BCUT2D eigenvalue weighted by Crippen LogP contribution is -2.35. The molecule has 0 spiro atoms. The van der Waals surface area contributed by atoms with Crippen molar-refractivity contribution in [3.63, 3.8) is 0 Å². The number of nitrogens with zero attached hydrogens (tertiary/aromatic N) is 2. The number of aryl methyl sites for hydroxylation is 2. The van der Waals surface area contributed by atoms with Gasteiger partial charge in [-0.25, -0.2) is 0 Å². The van der Waals surface area contributed by atoms with Gasteiger partial charge in [-0.05, 0) is 38.9 Å². The second-order valence-electron chi connectivity index (χ2n) is 5.48. The van der Waals surface area contributed by atoms with Gasteiger partial charge >= 0.3 is 10.2 Å². The molecule has 2 N–H and O–H groups in total. The number of pyridine rings is 1. The van der Waals surface area contributed by atoms with E-state index in [-0.39, 0.29) is 0 Å². The van der Waals surface area contributed by atoms with E-state index < -0.39 is 10.2 Å². The van der Waals surface area contributed by atoms with Gasteiger partial charge in [-0.1, -0.05) is 13.8 Å². The van der Waals surface area contributed by atoms with Crippen LogP contribution in [0.5, 0.6) is 0 Å². The molecule has 0 aliphatic rings. The van der Waals surface area contributed by atoms with E-state index in [4.69, 9.17) is 0 Å². The summed E-state index contributed by atoms with van der Waals surface area (Å²) >= 11 is 0. The van der Waals surface area contributed by atoms with Crippen LogP contribution >= 0.6 is 0 Å². The van der Waals surface area contributed by atoms with Crippen molar-refractivity contribution in [2.24, 2.45) is 0 Å². The molecular weight excluding hydrogens is 288 g/mol. The average molecular weight is 314 g/mol. The predicted octanol–water partition coefficient (Wildman–Crippen LogP) is 1.68. The summed E-state index contributed by atoms with van der Waals surface area (Å²) in [5.41, 5.74) is 2.06. The first-order valence-corrected chi connectivity index (χ1v) is 8.58. The fourth-order valence-electron chi connectivity index (χ4n) is 1.82. The summed E-state index contributed by atoms with van der Waals surface area (Å²) in [6, 6.07) is 3.94. The number of aromatic nitrogens is 1. The second-order valence-corrected chi connectivity index (χ2v) is 7.25. The van der Waals surface area contributed by atoms with Gasteiger partial charge in [0.2, 0.25) is 0 Å². The van der Waals surface area contributed by atoms with Crippen LogP contribution in [0.4, 0.5) is 5.69 Å². The molecule has 0 aliphatic heterocycles. The van der Waals surface area contributed by atoms with Gasteiger partial charge in [0, 0.05) is 25.3 Å². The second kappa shape index (κ2) is 7.72. The highest BCUT2D eigenvalue weighted by Crippen LogP contribution is 2.15. The molecule has 6 nitrogen and oxygen atoms in total. The topological polar surface area (TPSA) is 74.3 Å². The third kappa shape index (κ3) is 5.99. The highest BCUT2D eigenvalue weighted by molar-refractivity contribution is 7.90. The number of rotatable bonds is 8. The summed E-state index contributed by atoms with van der Waals surface area (Å²) in [7, 11) is -1.96. The van der Waals surface area contributed by atoms with E-state index in [2.05, 4.69) is 28.9 Å². The fourth-order valence-corrected chi connectivity index (χ4v) is 2.84. The van der Waals surface area contributed by atoms with Crippen molar-refractivity contribution >= 4 is 15.9 Å². The molecule has 0 aliphatic carbocycles. The van der Waals surface area contributed by atoms with Gasteiger partial charge < -0.3 is 5.32 Å². The van der Waals surface area contributed by atoms with E-state index in [1.54, 1.807) is 26.1 Å². The van der Waals surface area contributed by atoms with E-state index in [9.17, 15) is 8.42 Å². The van der Waals surface area contributed by atoms with E-state index in [0.29, 0.717) is 24.0 Å². The Balaban J connectivity index is 2.59. The highest BCUT2D eigenvalue weighted by atomic mass is 32.2. The van der Waals surface area contributed by atoms with Crippen LogP contribution < -0.4 is 10.0 Å². The zero-order valence-corrected chi connectivity index (χ0v) is 14.3. The number of hydrogen-bond acceptors (Lipinski definition) is 4. The van der Waals surface area contributed by atoms with Crippen molar-refractivity contribution in [2.45, 2.75) is 40.2 Å². The summed E-state index contributed by atoms with van der Waals surface area (Å²) in [6.07, 6.45) is 0.765. The smallest absolute Gasteiger partial charge is 0.301 e. The number of hydrogen-bond donors (Lipinski definition) is 2. The fraction of sp³-hybridized carbons (Fsp3) is 0.643. The minimum Gasteiger partial charge on any atom is -0.314 e. The Bertz CT molecular complexity index is 558. The summed E-state index contributed by atoms with van der Waals surface area (Å²) in [5, 5.41) is 3.27. The molecular formula is C14H26N4O2S. The first kappa shape index (κ1) is 17.9. The Morgan fingerprint density at radius 2 is 1.95 bits per heavy atom. The molecule has 21 heavy (non-hydrogen) atoms. The Morgan fingerprint density at radius 1 is 1.29 bits per heavy atom. The van der Waals surface area contributed by atoms with Crippen LogP contribution in [-0.4, -0.2) is 43.9 Å². The molecule has 1 aromatic rings. The normalized spacial score (nSPS) is 12.1. The maximum Gasteiger partial charge on any atom is 0.301 e. The molecule has 0 radical (unpaired) electrons. The molecule has 7 heteroatoms. The molecule has 1 aromatic heterocycles. The van der Waals surface area contributed by atoms with Gasteiger partial charge in [0.15, 0.2) is 0 Å². The van der Waals surface area contributed by atoms with Gasteiger partial charge in [-0.2, -0.15) is 12.7 Å². The summed E-state index contributed by atoms with van der Waals surface area (Å²) in [6.45, 7) is 9.05. The quantitative estimate of drug-likeness (QED) is 0.716. The average Bonchev–Trinajstić information content (AvgIpc) is 2.37. The van der Waals surface area contributed by atoms with Crippen LogP contribution in [0.15, 0.2) is 12.1 Å². The molecule has 0 fully saturated rings. The maximum absolute atomic E-state index is 12.2. The minimum atomic E-state index is -3.53. The van der Waals surface area contributed by atoms with Crippen LogP contribution in [0.1, 0.15) is 31.7 Å². The Labute approximate surface area is 128 Å². The van der Waals surface area contributed by atoms with E-state index in [1.165, 1.54) is 4.31 Å². The minimum absolute atomic E-state index is 0.409. The standard InChI is InChI=1S/C14H26N4O2S/c1-11(2)15-9-6-10-18(5)21(19,20)17-14-8-7-12(3)16-13(14)4/h7-8,11,15,17H,6,9-10H2,1-5H3. The first-order valence-electron chi connectivity index (χ1n) is 7.14. The van der Waals surface area contributed by atoms with Crippen LogP contribution in [-0.2, 0) is 10.2 Å². The SMILES string of the molecule is Cc1ccc(NS(=O)(=O)N(C)CCCNC(C)C)c(C)n1. The monoisotopic (exact) mass is 314 g/mol. The third-order valence-corrected chi connectivity index (χ3v) is 4.56. The van der Waals surface area contributed by atoms with Crippen LogP contribution in [0.3, 0.4) is 0 Å². The van der Waals surface area contributed by atoms with Gasteiger partial charge in [0.05, 0.1) is 11.4 Å². The van der Waals surface area contributed by atoms with Crippen molar-refractivity contribution in [1.82, 2.24) is 14.6 Å². The van der Waals surface area contributed by atoms with Crippen molar-refractivity contribution in [3.05, 3.63) is 23.5 Å². The van der Waals surface area contributed by atoms with Crippen molar-refractivity contribution < 1.29 is 8.42 Å². The zero-order chi connectivity index (χ0) is 16.0. The molecule has 0 amide bonds. The third-order valence-electron chi connectivity index (χ3n) is 3.08. The van der Waals surface area contributed by atoms with Crippen molar-refractivity contribution in [3.8, 4) is 0 Å². The molecule has 0 unspecified atom stereocenters. The number of anilines is 1. The Morgan fingerprint density at radius 3 is 2.52 bits per heavy atom. The largest absolute Gasteiger partial charge is 0.314 e. The van der Waals surface area contributed by atoms with Gasteiger partial charge in [0.25, 0.3) is 0 Å². The van der Waals surface area contributed by atoms with Gasteiger partial charge in [-0.3, -0.25) is 9.71 Å². The molecule has 0 bridgehead atoms. The van der Waals surface area contributed by atoms with Crippen LogP contribution in [0, 0.1) is 13.8 Å². The Hall–Kier alpha value is -1.18. The van der Waals surface area contributed by atoms with Crippen LogP contribution in [0.2, 0.25) is 0 Å². The predicted molar refractivity (Wildman–Crippen MR) is 86.6 cm³/mol. The molecule has 0 atom stereocenters. The summed E-state index contributed by atoms with van der Waals surface area (Å²) in [5.74, 6) is 0. The van der Waals surface area contributed by atoms with E-state index >= 15 is 0 Å². The summed E-state index contributed by atoms with van der Waals surface area (Å²) in [4.78, 5) is 4.26. The van der Waals surface area contributed by atoms with E-state index in [0.717, 1.165) is 18.7 Å². The highest BCUT2D eigenvalue weighted by Gasteiger charge is 2.18. The molecule has 1 rings (SSSR count). The van der Waals surface area contributed by atoms with Crippen molar-refractivity contribution in [1.29, 1.82) is 0 Å².